The number of hydrogen-bond acceptors (Lipinski definition) is 5. The fourth-order valence-electron chi connectivity index (χ4n) is 2.59. The maximum Gasteiger partial charge on any atom is 0.316 e. The van der Waals surface area contributed by atoms with Gasteiger partial charge in [0, 0.05) is 25.5 Å². The molecular weight excluding hydrogens is 258 g/mol. The third-order valence-electron chi connectivity index (χ3n) is 3.48. The maximum absolute atomic E-state index is 12.5. The van der Waals surface area contributed by atoms with Gasteiger partial charge < -0.3 is 14.7 Å². The Morgan fingerprint density at radius 2 is 2.10 bits per heavy atom. The van der Waals surface area contributed by atoms with Crippen LogP contribution in [0.1, 0.15) is 37.0 Å². The smallest absolute Gasteiger partial charge is 0.316 e. The van der Waals surface area contributed by atoms with Gasteiger partial charge in [-0.15, -0.1) is 0 Å². The largest absolute Gasteiger partial charge is 0.467 e. The van der Waals surface area contributed by atoms with Gasteiger partial charge in [0.2, 0.25) is 0 Å². The Labute approximate surface area is 118 Å². The van der Waals surface area contributed by atoms with Crippen LogP contribution < -0.4 is 4.74 Å². The van der Waals surface area contributed by atoms with Crippen molar-refractivity contribution in [3.05, 3.63) is 18.0 Å². The fraction of sp³-hybridized carbons (Fsp3) is 0.643. The monoisotopic (exact) mass is 279 g/mol. The van der Waals surface area contributed by atoms with E-state index >= 15 is 0 Å². The minimum absolute atomic E-state index is 0.0983. The van der Waals surface area contributed by atoms with Crippen LogP contribution in [-0.4, -0.2) is 52.2 Å². The van der Waals surface area contributed by atoms with E-state index in [0.717, 1.165) is 0 Å². The van der Waals surface area contributed by atoms with Crippen molar-refractivity contribution in [1.29, 1.82) is 0 Å². The van der Waals surface area contributed by atoms with Crippen LogP contribution in [0.25, 0.3) is 0 Å². The van der Waals surface area contributed by atoms with E-state index in [1.807, 2.05) is 0 Å². The molecule has 1 amide bonds. The summed E-state index contributed by atoms with van der Waals surface area (Å²) in [5.41, 5.74) is 0.344. The predicted molar refractivity (Wildman–Crippen MR) is 73.5 cm³/mol. The molecule has 0 aromatic carbocycles. The van der Waals surface area contributed by atoms with Gasteiger partial charge in [-0.05, 0) is 18.3 Å². The fourth-order valence-corrected chi connectivity index (χ4v) is 2.59. The molecule has 1 atom stereocenters. The van der Waals surface area contributed by atoms with Crippen molar-refractivity contribution in [2.24, 2.45) is 5.41 Å². The van der Waals surface area contributed by atoms with Gasteiger partial charge in [-0.3, -0.25) is 4.79 Å². The zero-order valence-electron chi connectivity index (χ0n) is 12.2. The molecule has 1 N–H and O–H groups in total. The molecule has 0 bridgehead atoms. The Balaban J connectivity index is 2.14. The average Bonchev–Trinajstić information content (AvgIpc) is 2.55. The van der Waals surface area contributed by atoms with Crippen molar-refractivity contribution >= 4 is 5.91 Å². The first kappa shape index (κ1) is 14.7. The third-order valence-corrected chi connectivity index (χ3v) is 3.48. The molecule has 6 heteroatoms. The molecule has 0 radical (unpaired) electrons. The summed E-state index contributed by atoms with van der Waals surface area (Å²) in [5.74, 6) is -0.102. The van der Waals surface area contributed by atoms with Crippen LogP contribution in [0.3, 0.4) is 0 Å². The van der Waals surface area contributed by atoms with E-state index in [4.69, 9.17) is 4.74 Å². The number of methoxy groups -OCH3 is 1. The first-order chi connectivity index (χ1) is 9.41. The lowest BCUT2D eigenvalue weighted by molar-refractivity contribution is 0.0704. The molecule has 0 spiro atoms. The molecule has 1 aromatic rings. The lowest BCUT2D eigenvalue weighted by Crippen LogP contribution is -2.37. The number of nitrogens with zero attached hydrogens (tertiary/aromatic N) is 3. The number of likely N-dealkylation sites (tertiary alicyclic amines) is 1. The molecule has 2 rings (SSSR count). The zero-order valence-corrected chi connectivity index (χ0v) is 12.2. The summed E-state index contributed by atoms with van der Waals surface area (Å²) in [6, 6.07) is 0.244. The summed E-state index contributed by atoms with van der Waals surface area (Å²) >= 11 is 0. The van der Waals surface area contributed by atoms with Crippen LogP contribution in [0.2, 0.25) is 0 Å². The van der Waals surface area contributed by atoms with Crippen molar-refractivity contribution in [2.75, 3.05) is 20.2 Å². The molecule has 0 aliphatic carbocycles. The maximum atomic E-state index is 12.5. The van der Waals surface area contributed by atoms with Crippen LogP contribution >= 0.6 is 0 Å². The van der Waals surface area contributed by atoms with Gasteiger partial charge in [-0.1, -0.05) is 13.8 Å². The number of carbonyl (C=O) groups excluding carboxylic acids is 1. The van der Waals surface area contributed by atoms with E-state index in [2.05, 4.69) is 23.8 Å². The van der Waals surface area contributed by atoms with Crippen molar-refractivity contribution < 1.29 is 14.6 Å². The minimum Gasteiger partial charge on any atom is -0.467 e. The summed E-state index contributed by atoms with van der Waals surface area (Å²) < 4.78 is 4.88. The van der Waals surface area contributed by atoms with Crippen molar-refractivity contribution in [2.45, 2.75) is 32.8 Å². The van der Waals surface area contributed by atoms with Crippen LogP contribution in [0.4, 0.5) is 0 Å². The molecule has 2 heterocycles. The van der Waals surface area contributed by atoms with Gasteiger partial charge in [0.25, 0.3) is 5.91 Å². The minimum atomic E-state index is -0.352. The summed E-state index contributed by atoms with van der Waals surface area (Å²) in [6.07, 6.45) is 3.91. The average molecular weight is 279 g/mol. The molecule has 0 unspecified atom stereocenters. The number of hydrogen-bond donors (Lipinski definition) is 1. The second-order valence-electron chi connectivity index (χ2n) is 6.00. The number of carbonyl (C=O) groups is 1. The van der Waals surface area contributed by atoms with Gasteiger partial charge in [-0.2, -0.15) is 0 Å². The Hall–Kier alpha value is -1.69. The van der Waals surface area contributed by atoms with Crippen LogP contribution in [0.15, 0.2) is 12.4 Å². The Morgan fingerprint density at radius 1 is 1.45 bits per heavy atom. The van der Waals surface area contributed by atoms with Crippen LogP contribution in [0, 0.1) is 5.41 Å². The second-order valence-corrected chi connectivity index (χ2v) is 6.00. The molecule has 0 saturated carbocycles. The highest BCUT2D eigenvalue weighted by atomic mass is 16.5. The van der Waals surface area contributed by atoms with Crippen molar-refractivity contribution in [3.63, 3.8) is 0 Å². The van der Waals surface area contributed by atoms with Crippen molar-refractivity contribution in [3.8, 4) is 6.01 Å². The number of amides is 1. The molecule has 1 saturated heterocycles. The summed E-state index contributed by atoms with van der Waals surface area (Å²) in [7, 11) is 1.48. The molecule has 1 fully saturated rings. The van der Waals surface area contributed by atoms with Crippen LogP contribution in [-0.2, 0) is 0 Å². The van der Waals surface area contributed by atoms with E-state index in [0.29, 0.717) is 31.5 Å². The molecule has 110 valence electrons. The van der Waals surface area contributed by atoms with Crippen LogP contribution in [0.5, 0.6) is 6.01 Å². The normalized spacial score (nSPS) is 22.2. The number of rotatable bonds is 2. The second kappa shape index (κ2) is 5.75. The van der Waals surface area contributed by atoms with Gasteiger partial charge in [0.05, 0.1) is 18.8 Å². The first-order valence-corrected chi connectivity index (χ1v) is 6.75. The van der Waals surface area contributed by atoms with Gasteiger partial charge in [0.15, 0.2) is 0 Å². The molecule has 1 aliphatic heterocycles. The number of aromatic nitrogens is 2. The van der Waals surface area contributed by atoms with E-state index in [1.165, 1.54) is 19.5 Å². The summed E-state index contributed by atoms with van der Waals surface area (Å²) in [6.45, 7) is 5.29. The molecule has 6 nitrogen and oxygen atoms in total. The molecule has 1 aromatic heterocycles. The summed E-state index contributed by atoms with van der Waals surface area (Å²) in [5, 5.41) is 9.88. The number of aliphatic hydroxyl groups excluding tert-OH is 1. The molecular formula is C14H21N3O3. The zero-order chi connectivity index (χ0) is 14.8. The highest BCUT2D eigenvalue weighted by Crippen LogP contribution is 2.29. The highest BCUT2D eigenvalue weighted by Gasteiger charge is 2.31. The van der Waals surface area contributed by atoms with Gasteiger partial charge in [0.1, 0.15) is 0 Å². The molecule has 20 heavy (non-hydrogen) atoms. The topological polar surface area (TPSA) is 75.5 Å². The SMILES string of the molecule is COc1ncc(C(=O)N2CC[C@H](O)CC(C)(C)C2)cn1. The van der Waals surface area contributed by atoms with E-state index in [9.17, 15) is 9.90 Å². The predicted octanol–water partition coefficient (Wildman–Crippen LogP) is 1.11. The number of aliphatic hydroxyl groups is 1. The quantitative estimate of drug-likeness (QED) is 0.877. The van der Waals surface area contributed by atoms with E-state index < -0.39 is 0 Å². The standard InChI is InChI=1S/C14H21N3O3/c1-14(2)6-11(18)4-5-17(9-14)12(19)10-7-15-13(20-3)16-8-10/h7-8,11,18H,4-6,9H2,1-3H3/t11-/m0/s1. The highest BCUT2D eigenvalue weighted by molar-refractivity contribution is 5.93. The lowest BCUT2D eigenvalue weighted by Gasteiger charge is -2.29. The van der Waals surface area contributed by atoms with E-state index in [-0.39, 0.29) is 23.4 Å². The third kappa shape index (κ3) is 3.45. The van der Waals surface area contributed by atoms with Gasteiger partial charge in [-0.25, -0.2) is 9.97 Å². The summed E-state index contributed by atoms with van der Waals surface area (Å²) in [4.78, 5) is 22.2. The first-order valence-electron chi connectivity index (χ1n) is 6.75. The lowest BCUT2D eigenvalue weighted by atomic mass is 9.87. The Morgan fingerprint density at radius 3 is 2.70 bits per heavy atom. The van der Waals surface area contributed by atoms with Crippen molar-refractivity contribution in [1.82, 2.24) is 14.9 Å². The Kier molecular flexibility index (Phi) is 4.23. The molecule has 1 aliphatic rings. The number of ether oxygens (including phenoxy) is 1. The van der Waals surface area contributed by atoms with E-state index in [1.54, 1.807) is 4.90 Å². The van der Waals surface area contributed by atoms with Gasteiger partial charge >= 0.3 is 6.01 Å². The Bertz CT molecular complexity index is 473.